The van der Waals surface area contributed by atoms with Crippen molar-refractivity contribution in [2.75, 3.05) is 11.9 Å². The van der Waals surface area contributed by atoms with Gasteiger partial charge in [0, 0.05) is 6.07 Å². The molecule has 2 aromatic rings. The molecule has 3 N–H and O–H groups in total. The SMILES string of the molecule is Bc1ccc(Nc2[nH]c(=O)ccc2C(=O)NOCC2CC2)c(F)c1. The van der Waals surface area contributed by atoms with Crippen molar-refractivity contribution < 1.29 is 14.0 Å². The van der Waals surface area contributed by atoms with E-state index >= 15 is 0 Å². The van der Waals surface area contributed by atoms with Gasteiger partial charge >= 0.3 is 0 Å². The van der Waals surface area contributed by atoms with Crippen LogP contribution in [0.15, 0.2) is 35.1 Å². The number of benzene rings is 1. The van der Waals surface area contributed by atoms with Gasteiger partial charge in [0.2, 0.25) is 5.56 Å². The van der Waals surface area contributed by atoms with Gasteiger partial charge in [0.15, 0.2) is 0 Å². The molecule has 0 bridgehead atoms. The number of amides is 1. The minimum absolute atomic E-state index is 0.109. The summed E-state index contributed by atoms with van der Waals surface area (Å²) in [5, 5.41) is 2.75. The summed E-state index contributed by atoms with van der Waals surface area (Å²) in [5.74, 6) is -0.379. The number of aromatic nitrogens is 1. The second-order valence-electron chi connectivity index (χ2n) is 5.91. The third kappa shape index (κ3) is 4.02. The first-order valence-electron chi connectivity index (χ1n) is 7.71. The average Bonchev–Trinajstić information content (AvgIpc) is 3.34. The zero-order valence-electron chi connectivity index (χ0n) is 13.2. The van der Waals surface area contributed by atoms with E-state index in [1.807, 2.05) is 0 Å². The minimum Gasteiger partial charge on any atom is -0.339 e. The molecule has 0 spiro atoms. The fourth-order valence-corrected chi connectivity index (χ4v) is 2.18. The van der Waals surface area contributed by atoms with Crippen molar-refractivity contribution >= 4 is 30.7 Å². The Balaban J connectivity index is 1.79. The second kappa shape index (κ2) is 6.88. The van der Waals surface area contributed by atoms with Crippen LogP contribution in [-0.2, 0) is 4.84 Å². The normalized spacial score (nSPS) is 13.5. The minimum atomic E-state index is -0.512. The molecule has 0 atom stereocenters. The molecular formula is C16H17BFN3O3. The molecule has 8 heteroatoms. The van der Waals surface area contributed by atoms with Crippen LogP contribution in [0.3, 0.4) is 0 Å². The van der Waals surface area contributed by atoms with Crippen LogP contribution in [0.25, 0.3) is 0 Å². The van der Waals surface area contributed by atoms with Crippen LogP contribution in [0.1, 0.15) is 23.2 Å². The fourth-order valence-electron chi connectivity index (χ4n) is 2.18. The Morgan fingerprint density at radius 2 is 2.12 bits per heavy atom. The highest BCUT2D eigenvalue weighted by Crippen LogP contribution is 2.28. The van der Waals surface area contributed by atoms with Gasteiger partial charge in [0.1, 0.15) is 19.5 Å². The lowest BCUT2D eigenvalue weighted by atomic mass is 9.96. The van der Waals surface area contributed by atoms with Crippen molar-refractivity contribution in [1.82, 2.24) is 10.5 Å². The van der Waals surface area contributed by atoms with Gasteiger partial charge in [-0.2, -0.15) is 0 Å². The molecule has 1 fully saturated rings. The number of halogens is 1. The third-order valence-electron chi connectivity index (χ3n) is 3.73. The van der Waals surface area contributed by atoms with Crippen LogP contribution < -0.4 is 21.8 Å². The Hall–Kier alpha value is -2.61. The smallest absolute Gasteiger partial charge is 0.278 e. The molecule has 6 nitrogen and oxygen atoms in total. The standard InChI is InChI=1S/C16H17BFN3O3/c17-10-3-5-13(12(18)7-10)19-15-11(4-6-14(22)20-15)16(23)21-24-8-9-1-2-9/h3-7,9H,1-2,8,17H2,(H,21,23)(H2,19,20,22). The molecule has 0 radical (unpaired) electrons. The zero-order chi connectivity index (χ0) is 17.1. The second-order valence-corrected chi connectivity index (χ2v) is 5.91. The molecule has 1 aromatic carbocycles. The van der Waals surface area contributed by atoms with Gasteiger partial charge in [0.05, 0.1) is 17.9 Å². The Morgan fingerprint density at radius 1 is 1.33 bits per heavy atom. The summed E-state index contributed by atoms with van der Waals surface area (Å²) in [6.45, 7) is 0.463. The van der Waals surface area contributed by atoms with Crippen LogP contribution in [0, 0.1) is 11.7 Å². The van der Waals surface area contributed by atoms with E-state index in [4.69, 9.17) is 4.84 Å². The molecule has 0 saturated heterocycles. The van der Waals surface area contributed by atoms with Gasteiger partial charge < -0.3 is 10.3 Å². The van der Waals surface area contributed by atoms with Gasteiger partial charge in [-0.25, -0.2) is 9.87 Å². The monoisotopic (exact) mass is 329 g/mol. The number of H-pyrrole nitrogens is 1. The summed E-state index contributed by atoms with van der Waals surface area (Å²) in [4.78, 5) is 31.4. The van der Waals surface area contributed by atoms with Crippen molar-refractivity contribution in [3.63, 3.8) is 0 Å². The van der Waals surface area contributed by atoms with Crippen molar-refractivity contribution in [1.29, 1.82) is 0 Å². The number of hydrogen-bond acceptors (Lipinski definition) is 4. The van der Waals surface area contributed by atoms with Crippen molar-refractivity contribution in [2.45, 2.75) is 12.8 Å². The van der Waals surface area contributed by atoms with Crippen LogP contribution in [0.5, 0.6) is 0 Å². The van der Waals surface area contributed by atoms with Gasteiger partial charge in [0.25, 0.3) is 5.91 Å². The lowest BCUT2D eigenvalue weighted by Crippen LogP contribution is -2.26. The first kappa shape index (κ1) is 16.3. The van der Waals surface area contributed by atoms with Crippen molar-refractivity contribution in [3.05, 3.63) is 52.1 Å². The molecule has 1 heterocycles. The molecule has 0 aliphatic heterocycles. The number of carbonyl (C=O) groups is 1. The first-order valence-corrected chi connectivity index (χ1v) is 7.71. The summed E-state index contributed by atoms with van der Waals surface area (Å²) in [5.41, 5.74) is 3.03. The van der Waals surface area contributed by atoms with Gasteiger partial charge in [-0.05, 0) is 37.0 Å². The first-order chi connectivity index (χ1) is 11.5. The Bertz CT molecular complexity index is 820. The highest BCUT2D eigenvalue weighted by atomic mass is 19.1. The van der Waals surface area contributed by atoms with Gasteiger partial charge in [-0.1, -0.05) is 11.5 Å². The Morgan fingerprint density at radius 3 is 2.83 bits per heavy atom. The van der Waals surface area contributed by atoms with E-state index in [2.05, 4.69) is 15.8 Å². The number of pyridine rings is 1. The van der Waals surface area contributed by atoms with E-state index in [9.17, 15) is 14.0 Å². The third-order valence-corrected chi connectivity index (χ3v) is 3.73. The zero-order valence-corrected chi connectivity index (χ0v) is 13.2. The van der Waals surface area contributed by atoms with Crippen molar-refractivity contribution in [3.8, 4) is 0 Å². The molecule has 24 heavy (non-hydrogen) atoms. The topological polar surface area (TPSA) is 83.2 Å². The van der Waals surface area contributed by atoms with E-state index in [1.165, 1.54) is 18.2 Å². The summed E-state index contributed by atoms with van der Waals surface area (Å²) < 4.78 is 14.0. The molecule has 3 rings (SSSR count). The lowest BCUT2D eigenvalue weighted by molar-refractivity contribution is 0.0270. The molecule has 1 aromatic heterocycles. The molecule has 1 aliphatic carbocycles. The number of nitrogens with one attached hydrogen (secondary N) is 3. The average molecular weight is 329 g/mol. The predicted molar refractivity (Wildman–Crippen MR) is 91.1 cm³/mol. The molecule has 1 saturated carbocycles. The highest BCUT2D eigenvalue weighted by Gasteiger charge is 2.22. The number of hydroxylamine groups is 1. The molecule has 1 aliphatic rings. The van der Waals surface area contributed by atoms with E-state index in [1.54, 1.807) is 20.0 Å². The van der Waals surface area contributed by atoms with Crippen molar-refractivity contribution in [2.24, 2.45) is 5.92 Å². The number of carbonyl (C=O) groups excluding carboxylic acids is 1. The van der Waals surface area contributed by atoms with Crippen LogP contribution in [0.2, 0.25) is 0 Å². The predicted octanol–water partition coefficient (Wildman–Crippen LogP) is 0.587. The van der Waals surface area contributed by atoms with Gasteiger partial charge in [-0.15, -0.1) is 0 Å². The maximum absolute atomic E-state index is 14.0. The quantitative estimate of drug-likeness (QED) is 0.535. The fraction of sp³-hybridized carbons (Fsp3) is 0.250. The van der Waals surface area contributed by atoms with E-state index in [0.29, 0.717) is 12.5 Å². The van der Waals surface area contributed by atoms with Crippen LogP contribution in [0.4, 0.5) is 15.9 Å². The maximum atomic E-state index is 14.0. The van der Waals surface area contributed by atoms with E-state index < -0.39 is 17.3 Å². The Kier molecular flexibility index (Phi) is 4.66. The highest BCUT2D eigenvalue weighted by molar-refractivity contribution is 6.32. The number of anilines is 2. The number of aromatic amines is 1. The summed E-state index contributed by atoms with van der Waals surface area (Å²) in [6.07, 6.45) is 2.21. The van der Waals surface area contributed by atoms with Gasteiger partial charge in [-0.3, -0.25) is 14.4 Å². The molecule has 124 valence electrons. The molecular weight excluding hydrogens is 312 g/mol. The maximum Gasteiger partial charge on any atom is 0.278 e. The summed E-state index contributed by atoms with van der Waals surface area (Å²) in [6, 6.07) is 7.23. The summed E-state index contributed by atoms with van der Waals surface area (Å²) in [7, 11) is 1.77. The Labute approximate surface area is 138 Å². The van der Waals surface area contributed by atoms with E-state index in [0.717, 1.165) is 18.3 Å². The molecule has 1 amide bonds. The molecule has 0 unspecified atom stereocenters. The van der Waals surface area contributed by atoms with E-state index in [-0.39, 0.29) is 17.1 Å². The largest absolute Gasteiger partial charge is 0.339 e. The summed E-state index contributed by atoms with van der Waals surface area (Å²) >= 11 is 0. The number of hydrogen-bond donors (Lipinski definition) is 3. The number of rotatable bonds is 6. The van der Waals surface area contributed by atoms with Crippen LogP contribution in [-0.4, -0.2) is 25.3 Å². The lowest BCUT2D eigenvalue weighted by Gasteiger charge is -2.12. The van der Waals surface area contributed by atoms with Crippen LogP contribution >= 0.6 is 0 Å².